The van der Waals surface area contributed by atoms with E-state index in [-0.39, 0.29) is 6.03 Å². The molecule has 2 amide bonds. The van der Waals surface area contributed by atoms with Crippen molar-refractivity contribution in [3.05, 3.63) is 12.4 Å². The molecule has 8 nitrogen and oxygen atoms in total. The number of carboxylic acids is 1. The molecule has 21 heavy (non-hydrogen) atoms. The van der Waals surface area contributed by atoms with Crippen LogP contribution in [0.5, 0.6) is 0 Å². The van der Waals surface area contributed by atoms with E-state index in [0.717, 1.165) is 12.8 Å². The lowest BCUT2D eigenvalue weighted by Gasteiger charge is -2.34. The maximum atomic E-state index is 12.3. The van der Waals surface area contributed by atoms with E-state index in [0.29, 0.717) is 32.5 Å². The number of amides is 2. The predicted molar refractivity (Wildman–Crippen MR) is 74.6 cm³/mol. The molecule has 116 valence electrons. The highest BCUT2D eigenvalue weighted by atomic mass is 16.4. The van der Waals surface area contributed by atoms with Gasteiger partial charge in [0, 0.05) is 19.3 Å². The van der Waals surface area contributed by atoms with Crippen LogP contribution >= 0.6 is 0 Å². The largest absolute Gasteiger partial charge is 0.479 e. The van der Waals surface area contributed by atoms with Gasteiger partial charge in [0.1, 0.15) is 5.54 Å². The summed E-state index contributed by atoms with van der Waals surface area (Å²) in [5, 5.41) is 19.8. The van der Waals surface area contributed by atoms with Gasteiger partial charge in [-0.05, 0) is 19.3 Å². The molecular weight excluding hydrogens is 274 g/mol. The van der Waals surface area contributed by atoms with Crippen LogP contribution in [0.15, 0.2) is 12.4 Å². The Morgan fingerprint density at radius 2 is 2.29 bits per heavy atom. The van der Waals surface area contributed by atoms with Crippen molar-refractivity contribution >= 4 is 12.0 Å². The summed E-state index contributed by atoms with van der Waals surface area (Å²) in [4.78, 5) is 25.4. The highest BCUT2D eigenvalue weighted by Gasteiger charge is 2.49. The highest BCUT2D eigenvalue weighted by Crippen LogP contribution is 2.33. The van der Waals surface area contributed by atoms with Gasteiger partial charge in [-0.1, -0.05) is 18.6 Å². The van der Waals surface area contributed by atoms with E-state index in [2.05, 4.69) is 15.6 Å². The third-order valence-electron chi connectivity index (χ3n) is 3.88. The summed E-state index contributed by atoms with van der Waals surface area (Å²) in [5.41, 5.74) is -1.05. The Morgan fingerprint density at radius 3 is 2.90 bits per heavy atom. The van der Waals surface area contributed by atoms with Crippen LogP contribution in [0, 0.1) is 0 Å². The van der Waals surface area contributed by atoms with Gasteiger partial charge >= 0.3 is 12.0 Å². The Balaban J connectivity index is 1.95. The summed E-state index contributed by atoms with van der Waals surface area (Å²) in [6.45, 7) is 3.32. The molecule has 1 saturated heterocycles. The van der Waals surface area contributed by atoms with Gasteiger partial charge in [0.05, 0.1) is 12.7 Å². The number of rotatable bonds is 6. The van der Waals surface area contributed by atoms with Crippen LogP contribution in [-0.4, -0.2) is 55.6 Å². The molecule has 1 fully saturated rings. The molecule has 0 aromatic carbocycles. The fourth-order valence-corrected chi connectivity index (χ4v) is 2.90. The van der Waals surface area contributed by atoms with E-state index >= 15 is 0 Å². The summed E-state index contributed by atoms with van der Waals surface area (Å²) in [6, 6.07) is -0.316. The van der Waals surface area contributed by atoms with Crippen LogP contribution in [-0.2, 0) is 11.3 Å². The molecule has 0 spiro atoms. The lowest BCUT2D eigenvalue weighted by Crippen LogP contribution is -2.56. The van der Waals surface area contributed by atoms with Gasteiger partial charge in [-0.15, -0.1) is 5.10 Å². The molecule has 1 atom stereocenters. The number of hydrogen-bond donors (Lipinski definition) is 2. The standard InChI is InChI=1S/C13H21N5O3/c1-2-4-13(11(19)20)5-3-8-18(13)12(21)14-6-9-17-10-7-15-16-17/h7,10H,2-6,8-9H2,1H3,(H,14,21)(H,19,20). The number of likely N-dealkylation sites (tertiary alicyclic amines) is 1. The van der Waals surface area contributed by atoms with Gasteiger partial charge in [-0.25, -0.2) is 9.59 Å². The number of aliphatic carboxylic acids is 1. The zero-order valence-corrected chi connectivity index (χ0v) is 12.2. The van der Waals surface area contributed by atoms with E-state index in [1.165, 1.54) is 4.90 Å². The Kier molecular flexibility index (Phi) is 4.77. The first-order chi connectivity index (χ1) is 10.1. The van der Waals surface area contributed by atoms with E-state index in [4.69, 9.17) is 0 Å². The normalized spacial score (nSPS) is 21.5. The van der Waals surface area contributed by atoms with Crippen molar-refractivity contribution in [1.82, 2.24) is 25.2 Å². The zero-order valence-electron chi connectivity index (χ0n) is 12.2. The molecule has 0 bridgehead atoms. The molecule has 8 heteroatoms. The maximum absolute atomic E-state index is 12.3. The van der Waals surface area contributed by atoms with Gasteiger partial charge < -0.3 is 15.3 Å². The van der Waals surface area contributed by atoms with Crippen molar-refractivity contribution in [3.8, 4) is 0 Å². The van der Waals surface area contributed by atoms with Gasteiger partial charge in [0.25, 0.3) is 0 Å². The molecule has 0 aliphatic carbocycles. The summed E-state index contributed by atoms with van der Waals surface area (Å²) in [5.74, 6) is -0.909. The quantitative estimate of drug-likeness (QED) is 0.805. The maximum Gasteiger partial charge on any atom is 0.329 e. The number of carboxylic acid groups (broad SMARTS) is 1. The molecule has 0 radical (unpaired) electrons. The number of carbonyl (C=O) groups excluding carboxylic acids is 1. The van der Waals surface area contributed by atoms with Crippen LogP contribution < -0.4 is 5.32 Å². The van der Waals surface area contributed by atoms with Crippen molar-refractivity contribution in [2.75, 3.05) is 13.1 Å². The number of nitrogens with zero attached hydrogens (tertiary/aromatic N) is 4. The molecule has 0 saturated carbocycles. The minimum atomic E-state index is -1.05. The third-order valence-corrected chi connectivity index (χ3v) is 3.88. The number of carbonyl (C=O) groups is 2. The molecule has 2 N–H and O–H groups in total. The smallest absolute Gasteiger partial charge is 0.329 e. The number of hydrogen-bond acceptors (Lipinski definition) is 4. The molecule has 1 aliphatic rings. The lowest BCUT2D eigenvalue weighted by atomic mass is 9.91. The van der Waals surface area contributed by atoms with Crippen LogP contribution in [0.4, 0.5) is 4.79 Å². The van der Waals surface area contributed by atoms with Gasteiger partial charge in [0.2, 0.25) is 0 Å². The second-order valence-electron chi connectivity index (χ2n) is 5.24. The Hall–Kier alpha value is -2.12. The molecule has 1 aliphatic heterocycles. The number of aromatic nitrogens is 3. The third kappa shape index (κ3) is 3.14. The average molecular weight is 295 g/mol. The molecule has 1 aromatic rings. The highest BCUT2D eigenvalue weighted by molar-refractivity contribution is 5.87. The van der Waals surface area contributed by atoms with Crippen LogP contribution in [0.25, 0.3) is 0 Å². The van der Waals surface area contributed by atoms with Crippen LogP contribution in [0.3, 0.4) is 0 Å². The molecular formula is C13H21N5O3. The van der Waals surface area contributed by atoms with Crippen molar-refractivity contribution in [2.24, 2.45) is 0 Å². The zero-order chi connectivity index (χ0) is 15.3. The van der Waals surface area contributed by atoms with E-state index in [1.807, 2.05) is 6.92 Å². The topological polar surface area (TPSA) is 100 Å². The predicted octanol–water partition coefficient (Wildman–Crippen LogP) is 0.707. The number of urea groups is 1. The second kappa shape index (κ2) is 6.55. The Labute approximate surface area is 123 Å². The molecule has 2 rings (SSSR count). The monoisotopic (exact) mass is 295 g/mol. The summed E-state index contributed by atoms with van der Waals surface area (Å²) >= 11 is 0. The minimum absolute atomic E-state index is 0.316. The summed E-state index contributed by atoms with van der Waals surface area (Å²) in [7, 11) is 0. The van der Waals surface area contributed by atoms with Crippen molar-refractivity contribution < 1.29 is 14.7 Å². The fraction of sp³-hybridized carbons (Fsp3) is 0.692. The second-order valence-corrected chi connectivity index (χ2v) is 5.24. The fourth-order valence-electron chi connectivity index (χ4n) is 2.90. The van der Waals surface area contributed by atoms with Crippen LogP contribution in [0.2, 0.25) is 0 Å². The Bertz CT molecular complexity index is 490. The first-order valence-corrected chi connectivity index (χ1v) is 7.23. The SMILES string of the molecule is CCCC1(C(=O)O)CCCN1C(=O)NCCn1ccnn1. The number of nitrogens with one attached hydrogen (secondary N) is 1. The van der Waals surface area contributed by atoms with Crippen molar-refractivity contribution in [2.45, 2.75) is 44.7 Å². The van der Waals surface area contributed by atoms with Gasteiger partial charge in [-0.2, -0.15) is 0 Å². The lowest BCUT2D eigenvalue weighted by molar-refractivity contribution is -0.148. The minimum Gasteiger partial charge on any atom is -0.479 e. The van der Waals surface area contributed by atoms with E-state index < -0.39 is 11.5 Å². The molecule has 2 heterocycles. The van der Waals surface area contributed by atoms with Crippen LogP contribution in [0.1, 0.15) is 32.6 Å². The summed E-state index contributed by atoms with van der Waals surface area (Å²) in [6.07, 6.45) is 5.74. The van der Waals surface area contributed by atoms with Gasteiger partial charge in [-0.3, -0.25) is 4.68 Å². The first-order valence-electron chi connectivity index (χ1n) is 7.23. The van der Waals surface area contributed by atoms with E-state index in [1.54, 1.807) is 17.1 Å². The summed E-state index contributed by atoms with van der Waals surface area (Å²) < 4.78 is 1.61. The van der Waals surface area contributed by atoms with E-state index in [9.17, 15) is 14.7 Å². The van der Waals surface area contributed by atoms with Crippen molar-refractivity contribution in [1.29, 1.82) is 0 Å². The molecule has 1 unspecified atom stereocenters. The van der Waals surface area contributed by atoms with Gasteiger partial charge in [0.15, 0.2) is 0 Å². The Morgan fingerprint density at radius 1 is 1.48 bits per heavy atom. The average Bonchev–Trinajstić information content (AvgIpc) is 3.08. The van der Waals surface area contributed by atoms with Crippen molar-refractivity contribution in [3.63, 3.8) is 0 Å². The molecule has 1 aromatic heterocycles. The first kappa shape index (κ1) is 15.3.